The Kier molecular flexibility index (Phi) is 4.04. The molecule has 2 rings (SSSR count). The molecular weight excluding hydrogens is 267 g/mol. The van der Waals surface area contributed by atoms with Crippen molar-refractivity contribution in [3.8, 4) is 5.88 Å². The fraction of sp³-hybridized carbons (Fsp3) is 0.533. The van der Waals surface area contributed by atoms with Crippen LogP contribution >= 0.6 is 0 Å². The van der Waals surface area contributed by atoms with Gasteiger partial charge < -0.3 is 19.8 Å². The smallest absolute Gasteiger partial charge is 0.481 e. The molecule has 1 saturated heterocycles. The van der Waals surface area contributed by atoms with E-state index in [1.807, 2.05) is 52.7 Å². The molecule has 0 bridgehead atoms. The number of hydrogen-bond donors (Lipinski definition) is 1. The number of rotatable bonds is 3. The molecular formula is C15H23BN2O3. The number of ether oxygens (including phenoxy) is 1. The highest BCUT2D eigenvalue weighted by atomic mass is 16.7. The number of nitrogen functional groups attached to an aromatic ring is 1. The number of nitrogens with zero attached hydrogens (tertiary/aromatic N) is 1. The van der Waals surface area contributed by atoms with Crippen LogP contribution in [0.2, 0.25) is 0 Å². The first-order valence-electron chi connectivity index (χ1n) is 7.01. The van der Waals surface area contributed by atoms with E-state index < -0.39 is 7.12 Å². The maximum Gasteiger partial charge on any atom is 0.487 e. The highest BCUT2D eigenvalue weighted by Gasteiger charge is 2.50. The molecule has 21 heavy (non-hydrogen) atoms. The van der Waals surface area contributed by atoms with Gasteiger partial charge in [0.05, 0.1) is 29.7 Å². The first-order valence-corrected chi connectivity index (χ1v) is 7.01. The van der Waals surface area contributed by atoms with Crippen molar-refractivity contribution in [1.29, 1.82) is 0 Å². The van der Waals surface area contributed by atoms with E-state index in [2.05, 4.69) is 4.98 Å². The molecule has 0 radical (unpaired) electrons. The van der Waals surface area contributed by atoms with Crippen molar-refractivity contribution < 1.29 is 14.0 Å². The number of anilines is 1. The van der Waals surface area contributed by atoms with E-state index in [4.69, 9.17) is 19.8 Å². The quantitative estimate of drug-likeness (QED) is 0.867. The van der Waals surface area contributed by atoms with Gasteiger partial charge in [-0.3, -0.25) is 0 Å². The van der Waals surface area contributed by atoms with Gasteiger partial charge in [-0.25, -0.2) is 4.98 Å². The Balaban J connectivity index is 2.22. The van der Waals surface area contributed by atoms with Crippen molar-refractivity contribution in [2.45, 2.75) is 45.8 Å². The molecule has 1 aliphatic heterocycles. The minimum Gasteiger partial charge on any atom is -0.481 e. The summed E-state index contributed by atoms with van der Waals surface area (Å²) in [5.41, 5.74) is 7.54. The maximum absolute atomic E-state index is 6.05. The summed E-state index contributed by atoms with van der Waals surface area (Å²) in [6.45, 7) is 9.99. The van der Waals surface area contributed by atoms with Gasteiger partial charge in [0.1, 0.15) is 0 Å². The zero-order valence-electron chi connectivity index (χ0n) is 13.6. The van der Waals surface area contributed by atoms with E-state index in [1.54, 1.807) is 7.11 Å². The van der Waals surface area contributed by atoms with Crippen LogP contribution in [0.3, 0.4) is 0 Å². The van der Waals surface area contributed by atoms with Crippen LogP contribution in [-0.2, 0) is 9.31 Å². The van der Waals surface area contributed by atoms with E-state index in [1.165, 1.54) is 0 Å². The molecule has 1 aromatic heterocycles. The van der Waals surface area contributed by atoms with Crippen LogP contribution in [0.1, 0.15) is 39.0 Å². The van der Waals surface area contributed by atoms with Gasteiger partial charge in [0, 0.05) is 6.07 Å². The summed E-state index contributed by atoms with van der Waals surface area (Å²) in [7, 11) is 1.17. The number of pyridine rings is 1. The van der Waals surface area contributed by atoms with E-state index in [-0.39, 0.29) is 11.2 Å². The monoisotopic (exact) mass is 290 g/mol. The third kappa shape index (κ3) is 3.06. The molecule has 1 aromatic rings. The fourth-order valence-corrected chi connectivity index (χ4v) is 2.04. The van der Waals surface area contributed by atoms with Crippen molar-refractivity contribution in [1.82, 2.24) is 4.98 Å². The Bertz CT molecular complexity index is 554. The summed E-state index contributed by atoms with van der Waals surface area (Å²) in [5, 5.41) is 0. The Hall–Kier alpha value is -1.53. The summed E-state index contributed by atoms with van der Waals surface area (Å²) in [6, 6.07) is 1.81. The molecule has 0 amide bonds. The summed E-state index contributed by atoms with van der Waals surface area (Å²) in [4.78, 5) is 4.34. The summed E-state index contributed by atoms with van der Waals surface area (Å²) in [5.74, 6) is 2.36. The number of nitrogens with two attached hydrogens (primary N) is 1. The zero-order chi connectivity index (χ0) is 15.8. The topological polar surface area (TPSA) is 66.6 Å². The Morgan fingerprint density at radius 3 is 2.33 bits per heavy atom. The van der Waals surface area contributed by atoms with E-state index >= 15 is 0 Å². The molecule has 0 atom stereocenters. The van der Waals surface area contributed by atoms with Gasteiger partial charge in [-0.05, 0) is 46.3 Å². The predicted octanol–water partition coefficient (Wildman–Crippen LogP) is 2.63. The lowest BCUT2D eigenvalue weighted by molar-refractivity contribution is 0.00578. The molecule has 0 spiro atoms. The molecule has 1 aliphatic rings. The molecule has 0 unspecified atom stereocenters. The molecule has 2 heterocycles. The molecule has 0 aromatic carbocycles. The lowest BCUT2D eigenvalue weighted by atomic mass is 9.89. The summed E-state index contributed by atoms with van der Waals surface area (Å²) < 4.78 is 17.0. The van der Waals surface area contributed by atoms with Crippen LogP contribution in [0.25, 0.3) is 6.08 Å². The van der Waals surface area contributed by atoms with Gasteiger partial charge >= 0.3 is 7.12 Å². The Morgan fingerprint density at radius 1 is 1.24 bits per heavy atom. The van der Waals surface area contributed by atoms with Crippen LogP contribution in [0.5, 0.6) is 5.88 Å². The van der Waals surface area contributed by atoms with Crippen molar-refractivity contribution in [2.24, 2.45) is 0 Å². The van der Waals surface area contributed by atoms with Crippen molar-refractivity contribution in [3.63, 3.8) is 0 Å². The van der Waals surface area contributed by atoms with Gasteiger partial charge in [0.15, 0.2) is 0 Å². The standard InChI is InChI=1S/C15H23BN2O3/c1-10-9-12(19-6)18-11(13(10)17)7-8-16-20-14(2,3)15(4,5)21-16/h7-9H,17H2,1-6H3/b8-7+. The number of aryl methyl sites for hydroxylation is 1. The second kappa shape index (κ2) is 5.35. The van der Waals surface area contributed by atoms with E-state index in [0.29, 0.717) is 17.3 Å². The molecule has 0 saturated carbocycles. The minimum absolute atomic E-state index is 0.356. The first kappa shape index (κ1) is 15.9. The number of methoxy groups -OCH3 is 1. The molecule has 114 valence electrons. The van der Waals surface area contributed by atoms with Gasteiger partial charge in [-0.1, -0.05) is 5.98 Å². The third-order valence-corrected chi connectivity index (χ3v) is 4.16. The SMILES string of the molecule is COc1cc(C)c(N)c(/C=C/B2OC(C)(C)C(C)(C)O2)n1. The summed E-state index contributed by atoms with van der Waals surface area (Å²) in [6.07, 6.45) is 1.81. The first-order chi connectivity index (χ1) is 9.66. The Labute approximate surface area is 126 Å². The van der Waals surface area contributed by atoms with E-state index in [0.717, 1.165) is 5.56 Å². The van der Waals surface area contributed by atoms with Crippen molar-refractivity contribution >= 4 is 18.9 Å². The van der Waals surface area contributed by atoms with Gasteiger partial charge in [0.25, 0.3) is 0 Å². The van der Waals surface area contributed by atoms with Gasteiger partial charge in [0.2, 0.25) is 5.88 Å². The normalized spacial score (nSPS) is 20.2. The lowest BCUT2D eigenvalue weighted by Gasteiger charge is -2.32. The predicted molar refractivity (Wildman–Crippen MR) is 85.1 cm³/mol. The maximum atomic E-state index is 6.05. The Morgan fingerprint density at radius 2 is 1.81 bits per heavy atom. The average molecular weight is 290 g/mol. The second-order valence-corrected chi connectivity index (χ2v) is 6.26. The van der Waals surface area contributed by atoms with Gasteiger partial charge in [-0.15, -0.1) is 0 Å². The van der Waals surface area contributed by atoms with Crippen molar-refractivity contribution in [3.05, 3.63) is 23.3 Å². The molecule has 5 nitrogen and oxygen atoms in total. The van der Waals surface area contributed by atoms with Crippen LogP contribution in [0.4, 0.5) is 5.69 Å². The minimum atomic E-state index is -0.414. The van der Waals surface area contributed by atoms with E-state index in [9.17, 15) is 0 Å². The zero-order valence-corrected chi connectivity index (χ0v) is 13.6. The van der Waals surface area contributed by atoms with Gasteiger partial charge in [-0.2, -0.15) is 0 Å². The molecule has 1 fully saturated rings. The molecule has 6 heteroatoms. The number of aromatic nitrogens is 1. The van der Waals surface area contributed by atoms with Crippen LogP contribution in [0, 0.1) is 6.92 Å². The second-order valence-electron chi connectivity index (χ2n) is 6.26. The fourth-order valence-electron chi connectivity index (χ4n) is 2.04. The van der Waals surface area contributed by atoms with Crippen molar-refractivity contribution in [2.75, 3.05) is 12.8 Å². The highest BCUT2D eigenvalue weighted by Crippen LogP contribution is 2.37. The lowest BCUT2D eigenvalue weighted by Crippen LogP contribution is -2.41. The number of hydrogen-bond acceptors (Lipinski definition) is 5. The van der Waals surface area contributed by atoms with Crippen LogP contribution in [0.15, 0.2) is 12.0 Å². The molecule has 0 aliphatic carbocycles. The summed E-state index contributed by atoms with van der Waals surface area (Å²) >= 11 is 0. The third-order valence-electron chi connectivity index (χ3n) is 4.16. The molecule has 2 N–H and O–H groups in total. The van der Waals surface area contributed by atoms with Crippen LogP contribution in [-0.4, -0.2) is 30.4 Å². The highest BCUT2D eigenvalue weighted by molar-refractivity contribution is 6.52. The van der Waals surface area contributed by atoms with Crippen LogP contribution < -0.4 is 10.5 Å². The average Bonchev–Trinajstić information content (AvgIpc) is 2.59. The largest absolute Gasteiger partial charge is 0.487 e.